The van der Waals surface area contributed by atoms with Gasteiger partial charge in [-0.05, 0) is 37.5 Å². The van der Waals surface area contributed by atoms with E-state index in [1.165, 1.54) is 6.42 Å². The molecule has 0 radical (unpaired) electrons. The molecular formula is C14H22N2O3. The van der Waals surface area contributed by atoms with Crippen molar-refractivity contribution in [2.45, 2.75) is 44.6 Å². The predicted octanol–water partition coefficient (Wildman–Crippen LogP) is 0.588. The molecule has 5 heteroatoms. The molecule has 0 aromatic heterocycles. The van der Waals surface area contributed by atoms with Gasteiger partial charge in [-0.25, -0.2) is 0 Å². The van der Waals surface area contributed by atoms with Crippen molar-refractivity contribution < 1.29 is 14.3 Å². The summed E-state index contributed by atoms with van der Waals surface area (Å²) in [5.74, 6) is 0.138. The second-order valence-electron chi connectivity index (χ2n) is 6.11. The summed E-state index contributed by atoms with van der Waals surface area (Å²) in [5, 5.41) is 5.99. The number of ether oxygens (including phenoxy) is 1. The predicted molar refractivity (Wildman–Crippen MR) is 69.4 cm³/mol. The van der Waals surface area contributed by atoms with Gasteiger partial charge < -0.3 is 15.4 Å². The van der Waals surface area contributed by atoms with E-state index in [9.17, 15) is 9.59 Å². The van der Waals surface area contributed by atoms with E-state index in [4.69, 9.17) is 4.74 Å². The highest BCUT2D eigenvalue weighted by molar-refractivity contribution is 5.84. The van der Waals surface area contributed by atoms with Gasteiger partial charge in [-0.2, -0.15) is 0 Å². The van der Waals surface area contributed by atoms with Gasteiger partial charge in [-0.15, -0.1) is 0 Å². The van der Waals surface area contributed by atoms with Crippen LogP contribution in [0.4, 0.5) is 0 Å². The molecule has 0 aromatic rings. The molecule has 2 heterocycles. The Bertz CT molecular complexity index is 367. The van der Waals surface area contributed by atoms with Gasteiger partial charge in [0.05, 0.1) is 5.92 Å². The van der Waals surface area contributed by atoms with Gasteiger partial charge in [0, 0.05) is 32.2 Å². The normalized spacial score (nSPS) is 33.4. The van der Waals surface area contributed by atoms with Crippen LogP contribution in [0.2, 0.25) is 0 Å². The summed E-state index contributed by atoms with van der Waals surface area (Å²) in [6.45, 7) is 2.14. The zero-order chi connectivity index (χ0) is 13.3. The van der Waals surface area contributed by atoms with Gasteiger partial charge >= 0.3 is 0 Å². The summed E-state index contributed by atoms with van der Waals surface area (Å²) in [4.78, 5) is 23.3. The fourth-order valence-electron chi connectivity index (χ4n) is 3.54. The third-order valence-electron chi connectivity index (χ3n) is 5.11. The Morgan fingerprint density at radius 2 is 2.05 bits per heavy atom. The Morgan fingerprint density at radius 1 is 1.26 bits per heavy atom. The zero-order valence-corrected chi connectivity index (χ0v) is 11.2. The van der Waals surface area contributed by atoms with E-state index < -0.39 is 0 Å². The first-order chi connectivity index (χ1) is 9.20. The van der Waals surface area contributed by atoms with Crippen molar-refractivity contribution in [3.8, 4) is 0 Å². The fourth-order valence-corrected chi connectivity index (χ4v) is 3.54. The van der Waals surface area contributed by atoms with Crippen LogP contribution in [0, 0.1) is 11.3 Å². The minimum absolute atomic E-state index is 0.0461. The first kappa shape index (κ1) is 12.9. The highest BCUT2D eigenvalue weighted by Gasteiger charge is 2.48. The zero-order valence-electron chi connectivity index (χ0n) is 11.2. The van der Waals surface area contributed by atoms with Crippen LogP contribution < -0.4 is 10.6 Å². The third-order valence-corrected chi connectivity index (χ3v) is 5.11. The molecule has 2 amide bonds. The third kappa shape index (κ3) is 2.48. The monoisotopic (exact) mass is 266 g/mol. The van der Waals surface area contributed by atoms with E-state index in [0.717, 1.165) is 32.5 Å². The molecule has 0 bridgehead atoms. The molecule has 0 aromatic carbocycles. The van der Waals surface area contributed by atoms with Crippen LogP contribution in [0.3, 0.4) is 0 Å². The lowest BCUT2D eigenvalue weighted by Gasteiger charge is -2.52. The SMILES string of the molecule is O=C1CCC(C(=O)NC2CCC23CCOCC3)CN1. The molecule has 19 heavy (non-hydrogen) atoms. The number of rotatable bonds is 2. The van der Waals surface area contributed by atoms with E-state index in [0.29, 0.717) is 30.8 Å². The number of nitrogens with one attached hydrogen (secondary N) is 2. The Balaban J connectivity index is 1.53. The van der Waals surface area contributed by atoms with E-state index in [-0.39, 0.29) is 17.7 Å². The molecule has 2 saturated heterocycles. The first-order valence-corrected chi connectivity index (χ1v) is 7.34. The molecule has 2 unspecified atom stereocenters. The van der Waals surface area contributed by atoms with E-state index in [1.54, 1.807) is 0 Å². The Morgan fingerprint density at radius 3 is 2.63 bits per heavy atom. The van der Waals surface area contributed by atoms with E-state index >= 15 is 0 Å². The van der Waals surface area contributed by atoms with E-state index in [1.807, 2.05) is 0 Å². The highest BCUT2D eigenvalue weighted by Crippen LogP contribution is 2.48. The van der Waals surface area contributed by atoms with Gasteiger partial charge in [-0.1, -0.05) is 0 Å². The Labute approximate surface area is 113 Å². The van der Waals surface area contributed by atoms with Crippen LogP contribution in [0.25, 0.3) is 0 Å². The number of carbonyl (C=O) groups excluding carboxylic acids is 2. The molecule has 2 atom stereocenters. The van der Waals surface area contributed by atoms with Crippen molar-refractivity contribution >= 4 is 11.8 Å². The van der Waals surface area contributed by atoms with Gasteiger partial charge in [0.15, 0.2) is 0 Å². The van der Waals surface area contributed by atoms with Crippen molar-refractivity contribution in [3.05, 3.63) is 0 Å². The van der Waals surface area contributed by atoms with Gasteiger partial charge in [0.1, 0.15) is 0 Å². The second kappa shape index (κ2) is 5.12. The van der Waals surface area contributed by atoms with Crippen LogP contribution in [0.1, 0.15) is 38.5 Å². The molecule has 2 aliphatic heterocycles. The lowest BCUT2D eigenvalue weighted by Crippen LogP contribution is -2.59. The standard InChI is InChI=1S/C14H22N2O3/c17-12-2-1-10(9-15-12)13(18)16-11-3-4-14(11)5-7-19-8-6-14/h10-11H,1-9H2,(H,15,17)(H,16,18). The van der Waals surface area contributed by atoms with Crippen LogP contribution in [0.5, 0.6) is 0 Å². The number of piperidine rings is 1. The quantitative estimate of drug-likeness (QED) is 0.768. The summed E-state index contributed by atoms with van der Waals surface area (Å²) in [7, 11) is 0. The summed E-state index contributed by atoms with van der Waals surface area (Å²) in [6.07, 6.45) is 5.59. The molecule has 1 saturated carbocycles. The lowest BCUT2D eigenvalue weighted by molar-refractivity contribution is -0.133. The number of hydrogen-bond donors (Lipinski definition) is 2. The summed E-state index contributed by atoms with van der Waals surface area (Å²) in [6, 6.07) is 0.321. The van der Waals surface area contributed by atoms with E-state index in [2.05, 4.69) is 10.6 Å². The Kier molecular flexibility index (Phi) is 3.48. The summed E-state index contributed by atoms with van der Waals surface area (Å²) in [5.41, 5.74) is 0.297. The maximum atomic E-state index is 12.2. The average molecular weight is 266 g/mol. The molecule has 5 nitrogen and oxygen atoms in total. The van der Waals surface area contributed by atoms with Gasteiger partial charge in [0.25, 0.3) is 0 Å². The molecule has 2 N–H and O–H groups in total. The number of carbonyl (C=O) groups is 2. The van der Waals surface area contributed by atoms with Crippen LogP contribution in [-0.4, -0.2) is 37.6 Å². The molecule has 1 aliphatic carbocycles. The molecular weight excluding hydrogens is 244 g/mol. The fraction of sp³-hybridized carbons (Fsp3) is 0.857. The topological polar surface area (TPSA) is 67.4 Å². The average Bonchev–Trinajstić information content (AvgIpc) is 2.45. The molecule has 3 fully saturated rings. The second-order valence-corrected chi connectivity index (χ2v) is 6.11. The summed E-state index contributed by atoms with van der Waals surface area (Å²) >= 11 is 0. The van der Waals surface area contributed by atoms with Crippen LogP contribution in [-0.2, 0) is 14.3 Å². The van der Waals surface area contributed by atoms with Crippen molar-refractivity contribution in [1.29, 1.82) is 0 Å². The molecule has 3 aliphatic rings. The van der Waals surface area contributed by atoms with Crippen molar-refractivity contribution in [2.24, 2.45) is 11.3 Å². The number of hydrogen-bond acceptors (Lipinski definition) is 3. The van der Waals surface area contributed by atoms with Crippen molar-refractivity contribution in [2.75, 3.05) is 19.8 Å². The molecule has 3 rings (SSSR count). The van der Waals surface area contributed by atoms with Crippen LogP contribution in [0.15, 0.2) is 0 Å². The maximum Gasteiger partial charge on any atom is 0.225 e. The van der Waals surface area contributed by atoms with Crippen LogP contribution >= 0.6 is 0 Å². The van der Waals surface area contributed by atoms with Gasteiger partial charge in [-0.3, -0.25) is 9.59 Å². The largest absolute Gasteiger partial charge is 0.381 e. The lowest BCUT2D eigenvalue weighted by atomic mass is 9.60. The minimum atomic E-state index is -0.0461. The minimum Gasteiger partial charge on any atom is -0.381 e. The van der Waals surface area contributed by atoms with Crippen molar-refractivity contribution in [3.63, 3.8) is 0 Å². The summed E-state index contributed by atoms with van der Waals surface area (Å²) < 4.78 is 5.42. The maximum absolute atomic E-state index is 12.2. The van der Waals surface area contributed by atoms with Crippen molar-refractivity contribution in [1.82, 2.24) is 10.6 Å². The smallest absolute Gasteiger partial charge is 0.225 e. The molecule has 1 spiro atoms. The van der Waals surface area contributed by atoms with Gasteiger partial charge in [0.2, 0.25) is 11.8 Å². The number of amides is 2. The Hall–Kier alpha value is -1.10. The molecule has 106 valence electrons. The highest BCUT2D eigenvalue weighted by atomic mass is 16.5. The first-order valence-electron chi connectivity index (χ1n) is 7.34.